The number of furan rings is 1. The Morgan fingerprint density at radius 2 is 1.96 bits per heavy atom. The third-order valence-corrected chi connectivity index (χ3v) is 4.67. The SMILES string of the molecule is O=C(Nc1cnn(-c2ccccc2)c1)C1CCCCN1C(=O)c1ccco1. The van der Waals surface area contributed by atoms with Crippen LogP contribution in [-0.2, 0) is 4.79 Å². The van der Waals surface area contributed by atoms with Crippen LogP contribution in [0.1, 0.15) is 29.8 Å². The number of carbonyl (C=O) groups excluding carboxylic acids is 2. The van der Waals surface area contributed by atoms with Gasteiger partial charge in [-0.3, -0.25) is 9.59 Å². The minimum Gasteiger partial charge on any atom is -0.459 e. The summed E-state index contributed by atoms with van der Waals surface area (Å²) in [6.45, 7) is 0.543. The second-order valence-corrected chi connectivity index (χ2v) is 6.49. The van der Waals surface area contributed by atoms with Crippen molar-refractivity contribution in [3.05, 3.63) is 66.9 Å². The van der Waals surface area contributed by atoms with E-state index < -0.39 is 6.04 Å². The average molecular weight is 364 g/mol. The fourth-order valence-corrected chi connectivity index (χ4v) is 3.32. The number of nitrogens with zero attached hydrogens (tertiary/aromatic N) is 3. The van der Waals surface area contributed by atoms with Gasteiger partial charge in [-0.05, 0) is 43.5 Å². The van der Waals surface area contributed by atoms with Gasteiger partial charge in [-0.25, -0.2) is 4.68 Å². The van der Waals surface area contributed by atoms with Gasteiger partial charge >= 0.3 is 0 Å². The number of rotatable bonds is 4. The highest BCUT2D eigenvalue weighted by Crippen LogP contribution is 2.22. The smallest absolute Gasteiger partial charge is 0.290 e. The molecule has 0 radical (unpaired) electrons. The van der Waals surface area contributed by atoms with Gasteiger partial charge in [0.1, 0.15) is 6.04 Å². The van der Waals surface area contributed by atoms with Crippen LogP contribution in [0.3, 0.4) is 0 Å². The number of para-hydroxylation sites is 1. The van der Waals surface area contributed by atoms with Crippen molar-refractivity contribution < 1.29 is 14.0 Å². The predicted molar refractivity (Wildman–Crippen MR) is 99.6 cm³/mol. The van der Waals surface area contributed by atoms with E-state index in [1.165, 1.54) is 6.26 Å². The molecule has 1 aromatic carbocycles. The van der Waals surface area contributed by atoms with Crippen molar-refractivity contribution in [2.24, 2.45) is 0 Å². The quantitative estimate of drug-likeness (QED) is 0.771. The van der Waals surface area contributed by atoms with Gasteiger partial charge in [-0.1, -0.05) is 18.2 Å². The maximum atomic E-state index is 12.8. The molecule has 138 valence electrons. The molecule has 1 aliphatic heterocycles. The van der Waals surface area contributed by atoms with Crippen molar-refractivity contribution in [2.75, 3.05) is 11.9 Å². The van der Waals surface area contributed by atoms with Crippen LogP contribution < -0.4 is 5.32 Å². The summed E-state index contributed by atoms with van der Waals surface area (Å²) in [5.74, 6) is -0.200. The first-order chi connectivity index (χ1) is 13.2. The number of aromatic nitrogens is 2. The molecule has 2 aromatic heterocycles. The number of hydrogen-bond acceptors (Lipinski definition) is 4. The Kier molecular flexibility index (Phi) is 4.74. The molecule has 1 fully saturated rings. The number of hydrogen-bond donors (Lipinski definition) is 1. The number of likely N-dealkylation sites (tertiary alicyclic amines) is 1. The zero-order chi connectivity index (χ0) is 18.6. The van der Waals surface area contributed by atoms with Crippen LogP contribution >= 0.6 is 0 Å². The Morgan fingerprint density at radius 1 is 1.11 bits per heavy atom. The lowest BCUT2D eigenvalue weighted by molar-refractivity contribution is -0.121. The molecule has 0 aliphatic carbocycles. The molecule has 1 unspecified atom stereocenters. The molecule has 1 saturated heterocycles. The lowest BCUT2D eigenvalue weighted by Crippen LogP contribution is -2.49. The second-order valence-electron chi connectivity index (χ2n) is 6.49. The molecular formula is C20H20N4O3. The Bertz CT molecular complexity index is 918. The molecule has 0 spiro atoms. The standard InChI is InChI=1S/C20H20N4O3/c25-19(22-15-13-21-24(14-15)16-7-2-1-3-8-16)17-9-4-5-11-23(17)20(26)18-10-6-12-27-18/h1-3,6-8,10,12-14,17H,4-5,9,11H2,(H,22,25). The summed E-state index contributed by atoms with van der Waals surface area (Å²) in [4.78, 5) is 27.1. The van der Waals surface area contributed by atoms with Crippen molar-refractivity contribution in [3.63, 3.8) is 0 Å². The van der Waals surface area contributed by atoms with Gasteiger partial charge in [-0.15, -0.1) is 0 Å². The van der Waals surface area contributed by atoms with Crippen LogP contribution in [0.2, 0.25) is 0 Å². The van der Waals surface area contributed by atoms with Gasteiger partial charge in [0, 0.05) is 6.54 Å². The third-order valence-electron chi connectivity index (χ3n) is 4.67. The first-order valence-corrected chi connectivity index (χ1v) is 8.98. The van der Waals surface area contributed by atoms with Crippen molar-refractivity contribution >= 4 is 17.5 Å². The summed E-state index contributed by atoms with van der Waals surface area (Å²) in [6.07, 6.45) is 7.24. The normalized spacial score (nSPS) is 16.9. The van der Waals surface area contributed by atoms with Crippen LogP contribution in [0.15, 0.2) is 65.5 Å². The molecule has 4 rings (SSSR count). The van der Waals surface area contributed by atoms with Gasteiger partial charge in [0.05, 0.1) is 30.0 Å². The number of amides is 2. The Hall–Kier alpha value is -3.35. The van der Waals surface area contributed by atoms with Gasteiger partial charge < -0.3 is 14.6 Å². The predicted octanol–water partition coefficient (Wildman–Crippen LogP) is 3.10. The minimum atomic E-state index is -0.517. The van der Waals surface area contributed by atoms with Crippen molar-refractivity contribution in [3.8, 4) is 5.69 Å². The summed E-state index contributed by atoms with van der Waals surface area (Å²) < 4.78 is 6.91. The maximum absolute atomic E-state index is 12.8. The fourth-order valence-electron chi connectivity index (χ4n) is 3.32. The van der Waals surface area contributed by atoms with Crippen LogP contribution in [-0.4, -0.2) is 39.1 Å². The van der Waals surface area contributed by atoms with Gasteiger partial charge in [0.25, 0.3) is 5.91 Å². The number of piperidine rings is 1. The van der Waals surface area contributed by atoms with E-state index in [0.29, 0.717) is 18.7 Å². The number of nitrogens with one attached hydrogen (secondary N) is 1. The molecule has 2 amide bonds. The summed E-state index contributed by atoms with van der Waals surface area (Å²) in [5, 5.41) is 7.17. The molecule has 1 aliphatic rings. The maximum Gasteiger partial charge on any atom is 0.290 e. The van der Waals surface area contributed by atoms with E-state index in [0.717, 1.165) is 18.5 Å². The zero-order valence-corrected chi connectivity index (χ0v) is 14.7. The topological polar surface area (TPSA) is 80.4 Å². The molecule has 27 heavy (non-hydrogen) atoms. The summed E-state index contributed by atoms with van der Waals surface area (Å²) >= 11 is 0. The highest BCUT2D eigenvalue weighted by Gasteiger charge is 2.33. The Labute approximate surface area is 156 Å². The van der Waals surface area contributed by atoms with Gasteiger partial charge in [0.2, 0.25) is 5.91 Å². The number of anilines is 1. The van der Waals surface area contributed by atoms with Gasteiger partial charge in [0.15, 0.2) is 5.76 Å². The lowest BCUT2D eigenvalue weighted by atomic mass is 10.0. The van der Waals surface area contributed by atoms with E-state index in [4.69, 9.17) is 4.42 Å². The van der Waals surface area contributed by atoms with E-state index in [-0.39, 0.29) is 17.6 Å². The molecule has 3 aromatic rings. The highest BCUT2D eigenvalue weighted by atomic mass is 16.3. The van der Waals surface area contributed by atoms with Crippen LogP contribution in [0, 0.1) is 0 Å². The Balaban J connectivity index is 1.48. The first kappa shape index (κ1) is 17.1. The van der Waals surface area contributed by atoms with E-state index >= 15 is 0 Å². The molecule has 7 nitrogen and oxygen atoms in total. The van der Waals surface area contributed by atoms with E-state index in [2.05, 4.69) is 10.4 Å². The molecule has 3 heterocycles. The van der Waals surface area contributed by atoms with Crippen molar-refractivity contribution in [1.82, 2.24) is 14.7 Å². The van der Waals surface area contributed by atoms with E-state index in [1.807, 2.05) is 30.3 Å². The summed E-state index contributed by atoms with van der Waals surface area (Å²) in [7, 11) is 0. The number of carbonyl (C=O) groups is 2. The third kappa shape index (κ3) is 3.62. The van der Waals surface area contributed by atoms with Gasteiger partial charge in [-0.2, -0.15) is 5.10 Å². The minimum absolute atomic E-state index is 0.206. The largest absolute Gasteiger partial charge is 0.459 e. The summed E-state index contributed by atoms with van der Waals surface area (Å²) in [5.41, 5.74) is 1.50. The van der Waals surface area contributed by atoms with Crippen LogP contribution in [0.5, 0.6) is 0 Å². The second kappa shape index (κ2) is 7.49. The zero-order valence-electron chi connectivity index (χ0n) is 14.7. The molecule has 7 heteroatoms. The first-order valence-electron chi connectivity index (χ1n) is 8.98. The van der Waals surface area contributed by atoms with Crippen molar-refractivity contribution in [1.29, 1.82) is 0 Å². The molecule has 1 N–H and O–H groups in total. The van der Waals surface area contributed by atoms with Crippen molar-refractivity contribution in [2.45, 2.75) is 25.3 Å². The lowest BCUT2D eigenvalue weighted by Gasteiger charge is -2.34. The highest BCUT2D eigenvalue weighted by molar-refractivity contribution is 6.00. The van der Waals surface area contributed by atoms with E-state index in [9.17, 15) is 9.59 Å². The van der Waals surface area contributed by atoms with Crippen LogP contribution in [0.25, 0.3) is 5.69 Å². The molecule has 0 saturated carbocycles. The Morgan fingerprint density at radius 3 is 2.74 bits per heavy atom. The van der Waals surface area contributed by atoms with E-state index in [1.54, 1.807) is 34.1 Å². The number of benzene rings is 1. The fraction of sp³-hybridized carbons (Fsp3) is 0.250. The summed E-state index contributed by atoms with van der Waals surface area (Å²) in [6, 6.07) is 12.4. The average Bonchev–Trinajstić information content (AvgIpc) is 3.40. The van der Waals surface area contributed by atoms with Crippen LogP contribution in [0.4, 0.5) is 5.69 Å². The molecular weight excluding hydrogens is 344 g/mol. The molecule has 0 bridgehead atoms. The molecule has 1 atom stereocenters. The monoisotopic (exact) mass is 364 g/mol.